The highest BCUT2D eigenvalue weighted by Crippen LogP contribution is 2.51. The van der Waals surface area contributed by atoms with E-state index in [-0.39, 0.29) is 0 Å². The average Bonchev–Trinajstić information content (AvgIpc) is 2.57. The first-order valence-corrected chi connectivity index (χ1v) is 10.9. The van der Waals surface area contributed by atoms with Gasteiger partial charge in [-0.05, 0) is 13.8 Å². The smallest absolute Gasteiger partial charge is 0.200 e. The zero-order valence-electron chi connectivity index (χ0n) is 15.3. The minimum atomic E-state index is -0.863. The summed E-state index contributed by atoms with van der Waals surface area (Å²) in [5.74, 6) is -1.73. The van der Waals surface area contributed by atoms with Crippen molar-refractivity contribution in [1.82, 2.24) is 0 Å². The SMILES string of the molecule is COC(C)(OC)C([SiH3])(OC)SSC([SiH3])(OC)C(C)(OC)OC. The van der Waals surface area contributed by atoms with Crippen LogP contribution in [0.4, 0.5) is 0 Å². The summed E-state index contributed by atoms with van der Waals surface area (Å²) in [4.78, 5) is 0. The lowest BCUT2D eigenvalue weighted by molar-refractivity contribution is -0.243. The van der Waals surface area contributed by atoms with Crippen molar-refractivity contribution < 1.29 is 28.4 Å². The monoisotopic (exact) mass is 390 g/mol. The van der Waals surface area contributed by atoms with Crippen molar-refractivity contribution in [2.45, 2.75) is 34.5 Å². The molecule has 0 N–H and O–H groups in total. The standard InChI is InChI=1S/C12H30O6S2Si2/c1-9(13-3,14-4)11(21,17-7)19-20-12(22,18-8)10(2,15-5)16-6/h1-8,21-22H3. The lowest BCUT2D eigenvalue weighted by Crippen LogP contribution is -2.57. The van der Waals surface area contributed by atoms with Gasteiger partial charge in [-0.15, -0.1) is 0 Å². The second-order valence-electron chi connectivity index (χ2n) is 5.17. The lowest BCUT2D eigenvalue weighted by atomic mass is 10.3. The molecule has 0 bridgehead atoms. The topological polar surface area (TPSA) is 55.4 Å². The van der Waals surface area contributed by atoms with Crippen molar-refractivity contribution in [1.29, 1.82) is 0 Å². The van der Waals surface area contributed by atoms with E-state index in [2.05, 4.69) is 0 Å². The summed E-state index contributed by atoms with van der Waals surface area (Å²) in [5, 5.41) is 0. The Hall–Kier alpha value is 0.894. The van der Waals surface area contributed by atoms with Crippen LogP contribution in [-0.4, -0.2) is 83.8 Å². The fourth-order valence-electron chi connectivity index (χ4n) is 1.66. The van der Waals surface area contributed by atoms with Crippen molar-refractivity contribution in [3.63, 3.8) is 0 Å². The molecule has 0 spiro atoms. The number of rotatable bonds is 11. The number of hydrogen-bond acceptors (Lipinski definition) is 8. The Morgan fingerprint density at radius 2 is 0.773 bits per heavy atom. The summed E-state index contributed by atoms with van der Waals surface area (Å²) >= 11 is 0. The normalized spacial score (nSPS) is 19.1. The molecule has 22 heavy (non-hydrogen) atoms. The predicted octanol–water partition coefficient (Wildman–Crippen LogP) is -0.283. The molecule has 0 amide bonds. The first-order chi connectivity index (χ1) is 10.1. The van der Waals surface area contributed by atoms with Crippen LogP contribution in [0.5, 0.6) is 0 Å². The lowest BCUT2D eigenvalue weighted by Gasteiger charge is -2.46. The van der Waals surface area contributed by atoms with Gasteiger partial charge in [-0.3, -0.25) is 0 Å². The molecular formula is C12H30O6S2Si2. The van der Waals surface area contributed by atoms with E-state index in [1.165, 1.54) is 21.6 Å². The molecule has 0 fully saturated rings. The van der Waals surface area contributed by atoms with Gasteiger partial charge in [-0.2, -0.15) is 0 Å². The first-order valence-electron chi connectivity index (χ1n) is 6.75. The Balaban J connectivity index is 5.37. The van der Waals surface area contributed by atoms with Crippen LogP contribution in [0, 0.1) is 0 Å². The van der Waals surface area contributed by atoms with Gasteiger partial charge in [0.2, 0.25) is 0 Å². The van der Waals surface area contributed by atoms with Gasteiger partial charge in [0.15, 0.2) is 20.7 Å². The molecule has 2 atom stereocenters. The molecule has 0 rings (SSSR count). The minimum Gasteiger partial charge on any atom is -0.366 e. The summed E-state index contributed by atoms with van der Waals surface area (Å²) < 4.78 is 32.4. The summed E-state index contributed by atoms with van der Waals surface area (Å²) in [6.07, 6.45) is 0. The quantitative estimate of drug-likeness (QED) is 0.271. The maximum atomic E-state index is 5.74. The van der Waals surface area contributed by atoms with Gasteiger partial charge in [0, 0.05) is 42.7 Å². The molecule has 0 aromatic heterocycles. The van der Waals surface area contributed by atoms with Gasteiger partial charge in [0.05, 0.1) is 20.5 Å². The van der Waals surface area contributed by atoms with Crippen LogP contribution in [0.2, 0.25) is 0 Å². The Morgan fingerprint density at radius 3 is 0.909 bits per heavy atom. The fraction of sp³-hybridized carbons (Fsp3) is 1.00. The molecule has 2 unspecified atom stereocenters. The van der Waals surface area contributed by atoms with E-state index in [0.29, 0.717) is 20.5 Å². The molecular weight excluding hydrogens is 360 g/mol. The third-order valence-electron chi connectivity index (χ3n) is 4.35. The number of methoxy groups -OCH3 is 6. The molecule has 0 aliphatic carbocycles. The van der Waals surface area contributed by atoms with Gasteiger partial charge < -0.3 is 28.4 Å². The fourth-order valence-corrected chi connectivity index (χ4v) is 7.33. The van der Waals surface area contributed by atoms with Crippen LogP contribution in [0.1, 0.15) is 13.8 Å². The highest BCUT2D eigenvalue weighted by atomic mass is 33.1. The Morgan fingerprint density at radius 1 is 0.545 bits per heavy atom. The van der Waals surface area contributed by atoms with E-state index in [1.807, 2.05) is 13.8 Å². The molecule has 0 heterocycles. The molecule has 6 nitrogen and oxygen atoms in total. The average molecular weight is 391 g/mol. The highest BCUT2D eigenvalue weighted by Gasteiger charge is 2.52. The Bertz CT molecular complexity index is 312. The second kappa shape index (κ2) is 8.83. The van der Waals surface area contributed by atoms with Crippen LogP contribution >= 0.6 is 21.6 Å². The summed E-state index contributed by atoms with van der Waals surface area (Å²) in [5.41, 5.74) is 0. The maximum absolute atomic E-state index is 5.74. The molecule has 10 heteroatoms. The summed E-state index contributed by atoms with van der Waals surface area (Å²) in [6, 6.07) is 0. The summed E-state index contributed by atoms with van der Waals surface area (Å²) in [6.45, 7) is 3.73. The van der Waals surface area contributed by atoms with Crippen LogP contribution in [0.25, 0.3) is 0 Å². The van der Waals surface area contributed by atoms with Gasteiger partial charge in [0.25, 0.3) is 0 Å². The first kappa shape index (κ1) is 22.9. The molecule has 0 saturated carbocycles. The third kappa shape index (κ3) is 4.29. The van der Waals surface area contributed by atoms with E-state index >= 15 is 0 Å². The molecule has 0 aromatic carbocycles. The predicted molar refractivity (Wildman–Crippen MR) is 99.4 cm³/mol. The highest BCUT2D eigenvalue weighted by molar-refractivity contribution is 8.78. The van der Waals surface area contributed by atoms with Gasteiger partial charge >= 0.3 is 0 Å². The van der Waals surface area contributed by atoms with Crippen molar-refractivity contribution in [2.75, 3.05) is 42.7 Å². The molecule has 0 aliphatic rings. The van der Waals surface area contributed by atoms with Crippen molar-refractivity contribution in [3.05, 3.63) is 0 Å². The number of ether oxygens (including phenoxy) is 6. The van der Waals surface area contributed by atoms with Crippen LogP contribution in [-0.2, 0) is 28.4 Å². The minimum absolute atomic E-state index is 0.627. The Kier molecular flexibility index (Phi) is 9.19. The van der Waals surface area contributed by atoms with E-state index in [0.717, 1.165) is 0 Å². The van der Waals surface area contributed by atoms with E-state index in [9.17, 15) is 0 Å². The largest absolute Gasteiger partial charge is 0.366 e. The third-order valence-corrected chi connectivity index (χ3v) is 13.9. The van der Waals surface area contributed by atoms with E-state index < -0.39 is 20.7 Å². The van der Waals surface area contributed by atoms with Crippen LogP contribution in [0.3, 0.4) is 0 Å². The molecule has 0 saturated heterocycles. The summed E-state index contributed by atoms with van der Waals surface area (Å²) in [7, 11) is 14.2. The molecule has 0 aliphatic heterocycles. The molecule has 0 radical (unpaired) electrons. The van der Waals surface area contributed by atoms with Crippen LogP contribution in [0.15, 0.2) is 0 Å². The second-order valence-corrected chi connectivity index (χ2v) is 12.3. The van der Waals surface area contributed by atoms with Crippen molar-refractivity contribution in [3.8, 4) is 0 Å². The Labute approximate surface area is 147 Å². The van der Waals surface area contributed by atoms with Crippen molar-refractivity contribution >= 4 is 42.1 Å². The van der Waals surface area contributed by atoms with E-state index in [4.69, 9.17) is 28.4 Å². The van der Waals surface area contributed by atoms with Gasteiger partial charge in [-0.1, -0.05) is 21.6 Å². The van der Waals surface area contributed by atoms with Crippen LogP contribution < -0.4 is 0 Å². The zero-order chi connectivity index (χ0) is 17.7. The number of hydrogen-bond donors (Lipinski definition) is 0. The zero-order valence-corrected chi connectivity index (χ0v) is 20.9. The molecule has 134 valence electrons. The van der Waals surface area contributed by atoms with E-state index in [1.54, 1.807) is 42.7 Å². The maximum Gasteiger partial charge on any atom is 0.200 e. The van der Waals surface area contributed by atoms with Crippen molar-refractivity contribution in [2.24, 2.45) is 0 Å². The molecule has 0 aromatic rings. The van der Waals surface area contributed by atoms with Gasteiger partial charge in [-0.25, -0.2) is 0 Å². The van der Waals surface area contributed by atoms with Gasteiger partial charge in [0.1, 0.15) is 0 Å².